The van der Waals surface area contributed by atoms with Crippen LogP contribution in [0.25, 0.3) is 0 Å². The van der Waals surface area contributed by atoms with Gasteiger partial charge in [-0.05, 0) is 47.9 Å². The first-order valence-corrected chi connectivity index (χ1v) is 8.87. The number of nitrogens with two attached hydrogens (primary N) is 1. The topological polar surface area (TPSA) is 84.2 Å². The van der Waals surface area contributed by atoms with Crippen LogP contribution in [0.5, 0.6) is 0 Å². The number of hydrogen-bond acceptors (Lipinski definition) is 3. The van der Waals surface area contributed by atoms with E-state index in [1.54, 1.807) is 42.1 Å². The summed E-state index contributed by atoms with van der Waals surface area (Å²) in [6.07, 6.45) is 0.742. The fourth-order valence-corrected chi connectivity index (χ4v) is 3.85. The number of thioether (sulfide) groups is 1. The summed E-state index contributed by atoms with van der Waals surface area (Å²) < 4.78 is 13.5. The molecule has 0 spiro atoms. The van der Waals surface area contributed by atoms with Crippen molar-refractivity contribution in [2.75, 3.05) is 5.75 Å². The lowest BCUT2D eigenvalue weighted by Gasteiger charge is -2.26. The number of carbonyl (C=O) groups is 2. The van der Waals surface area contributed by atoms with Gasteiger partial charge < -0.3 is 16.4 Å². The van der Waals surface area contributed by atoms with E-state index in [-0.39, 0.29) is 24.4 Å². The van der Waals surface area contributed by atoms with E-state index in [9.17, 15) is 14.0 Å². The Morgan fingerprint density at radius 3 is 2.88 bits per heavy atom. The standard InChI is InChI=1S/C18H18FN3O2S/c19-13-4-5-16-14(9-13)15(6-7-25-16)22-18(24)21-10-11-2-1-3-12(8-11)17(20)23/h1-5,8-9,15H,6-7,10H2,(H2,20,23)(H2,21,22,24). The first-order valence-electron chi connectivity index (χ1n) is 7.88. The molecule has 25 heavy (non-hydrogen) atoms. The van der Waals surface area contributed by atoms with Gasteiger partial charge in [-0.25, -0.2) is 9.18 Å². The lowest BCUT2D eigenvalue weighted by Crippen LogP contribution is -2.38. The number of urea groups is 1. The van der Waals surface area contributed by atoms with Crippen molar-refractivity contribution in [3.8, 4) is 0 Å². The molecule has 0 fully saturated rings. The van der Waals surface area contributed by atoms with Gasteiger partial charge in [0, 0.05) is 22.8 Å². The molecule has 3 rings (SSSR count). The van der Waals surface area contributed by atoms with Crippen LogP contribution in [0, 0.1) is 5.82 Å². The molecule has 0 saturated heterocycles. The van der Waals surface area contributed by atoms with Crippen molar-refractivity contribution in [3.63, 3.8) is 0 Å². The number of fused-ring (bicyclic) bond motifs is 1. The van der Waals surface area contributed by atoms with Crippen molar-refractivity contribution in [3.05, 3.63) is 65.0 Å². The number of nitrogens with one attached hydrogen (secondary N) is 2. The average Bonchev–Trinajstić information content (AvgIpc) is 2.61. The van der Waals surface area contributed by atoms with Crippen LogP contribution in [0.15, 0.2) is 47.4 Å². The van der Waals surface area contributed by atoms with Gasteiger partial charge in [0.25, 0.3) is 0 Å². The van der Waals surface area contributed by atoms with Crippen LogP contribution in [-0.4, -0.2) is 17.7 Å². The van der Waals surface area contributed by atoms with Crippen LogP contribution < -0.4 is 16.4 Å². The number of rotatable bonds is 4. The van der Waals surface area contributed by atoms with Crippen LogP contribution >= 0.6 is 11.8 Å². The molecule has 0 aromatic heterocycles. The van der Waals surface area contributed by atoms with Crippen LogP contribution in [0.4, 0.5) is 9.18 Å². The van der Waals surface area contributed by atoms with E-state index in [2.05, 4.69) is 10.6 Å². The monoisotopic (exact) mass is 359 g/mol. The van der Waals surface area contributed by atoms with E-state index in [4.69, 9.17) is 5.73 Å². The molecule has 2 aromatic rings. The largest absolute Gasteiger partial charge is 0.366 e. The minimum absolute atomic E-state index is 0.219. The molecule has 0 saturated carbocycles. The molecular formula is C18H18FN3O2S. The fraction of sp³-hybridized carbons (Fsp3) is 0.222. The Morgan fingerprint density at radius 1 is 1.24 bits per heavy atom. The highest BCUT2D eigenvalue weighted by molar-refractivity contribution is 7.99. The molecule has 0 radical (unpaired) electrons. The highest BCUT2D eigenvalue weighted by Gasteiger charge is 2.22. The van der Waals surface area contributed by atoms with E-state index < -0.39 is 5.91 Å². The van der Waals surface area contributed by atoms with Crippen molar-refractivity contribution in [1.82, 2.24) is 10.6 Å². The molecule has 4 N–H and O–H groups in total. The lowest BCUT2D eigenvalue weighted by molar-refractivity contribution is 0.1000. The number of amides is 3. The van der Waals surface area contributed by atoms with Gasteiger partial charge in [0.1, 0.15) is 5.82 Å². The van der Waals surface area contributed by atoms with Gasteiger partial charge in [-0.3, -0.25) is 4.79 Å². The van der Waals surface area contributed by atoms with E-state index in [1.165, 1.54) is 12.1 Å². The summed E-state index contributed by atoms with van der Waals surface area (Å²) in [5.41, 5.74) is 7.23. The van der Waals surface area contributed by atoms with E-state index in [0.29, 0.717) is 5.56 Å². The number of halogens is 1. The van der Waals surface area contributed by atoms with Crippen molar-refractivity contribution in [2.24, 2.45) is 5.73 Å². The van der Waals surface area contributed by atoms with Gasteiger partial charge in [0.05, 0.1) is 6.04 Å². The van der Waals surface area contributed by atoms with Gasteiger partial charge in [-0.15, -0.1) is 11.8 Å². The Labute approximate surface area is 149 Å². The molecular weight excluding hydrogens is 341 g/mol. The summed E-state index contributed by atoms with van der Waals surface area (Å²) in [4.78, 5) is 24.4. The Kier molecular flexibility index (Phi) is 5.23. The summed E-state index contributed by atoms with van der Waals surface area (Å²) in [7, 11) is 0. The second kappa shape index (κ2) is 7.57. The Hall–Kier alpha value is -2.54. The predicted octanol–water partition coefficient (Wildman–Crippen LogP) is 2.96. The summed E-state index contributed by atoms with van der Waals surface area (Å²) >= 11 is 1.66. The second-order valence-electron chi connectivity index (χ2n) is 5.76. The maximum Gasteiger partial charge on any atom is 0.315 e. The smallest absolute Gasteiger partial charge is 0.315 e. The molecule has 5 nitrogen and oxygen atoms in total. The second-order valence-corrected chi connectivity index (χ2v) is 6.90. The third-order valence-corrected chi connectivity index (χ3v) is 5.10. The zero-order chi connectivity index (χ0) is 17.8. The van der Waals surface area contributed by atoms with Crippen molar-refractivity contribution < 1.29 is 14.0 Å². The molecule has 2 aromatic carbocycles. The third kappa shape index (κ3) is 4.30. The first-order chi connectivity index (χ1) is 12.0. The Bertz CT molecular complexity index is 813. The summed E-state index contributed by atoms with van der Waals surface area (Å²) in [5.74, 6) is 0.0471. The maximum absolute atomic E-state index is 13.5. The zero-order valence-electron chi connectivity index (χ0n) is 13.4. The quantitative estimate of drug-likeness (QED) is 0.785. The molecule has 3 amide bonds. The summed E-state index contributed by atoms with van der Waals surface area (Å²) in [5, 5.41) is 5.64. The molecule has 1 atom stereocenters. The van der Waals surface area contributed by atoms with Gasteiger partial charge >= 0.3 is 6.03 Å². The van der Waals surface area contributed by atoms with Gasteiger partial charge in [-0.2, -0.15) is 0 Å². The normalized spacial score (nSPS) is 16.0. The first kappa shape index (κ1) is 17.3. The van der Waals surface area contributed by atoms with Gasteiger partial charge in [0.2, 0.25) is 5.91 Å². The molecule has 7 heteroatoms. The number of hydrogen-bond donors (Lipinski definition) is 3. The maximum atomic E-state index is 13.5. The number of carbonyl (C=O) groups excluding carboxylic acids is 2. The molecule has 0 bridgehead atoms. The Morgan fingerprint density at radius 2 is 2.08 bits per heavy atom. The van der Waals surface area contributed by atoms with Gasteiger partial charge in [0.15, 0.2) is 0 Å². The number of benzene rings is 2. The molecule has 1 aliphatic rings. The molecule has 130 valence electrons. The van der Waals surface area contributed by atoms with Crippen molar-refractivity contribution in [2.45, 2.75) is 23.9 Å². The van der Waals surface area contributed by atoms with E-state index in [1.807, 2.05) is 0 Å². The SMILES string of the molecule is NC(=O)c1cccc(CNC(=O)NC2CCSc3ccc(F)cc32)c1. The summed E-state index contributed by atoms with van der Waals surface area (Å²) in [6, 6.07) is 10.9. The Balaban J connectivity index is 1.61. The highest BCUT2D eigenvalue weighted by atomic mass is 32.2. The number of primary amides is 1. The predicted molar refractivity (Wildman–Crippen MR) is 94.8 cm³/mol. The zero-order valence-corrected chi connectivity index (χ0v) is 14.2. The van der Waals surface area contributed by atoms with Crippen molar-refractivity contribution in [1.29, 1.82) is 0 Å². The van der Waals surface area contributed by atoms with Crippen LogP contribution in [-0.2, 0) is 6.54 Å². The van der Waals surface area contributed by atoms with Crippen molar-refractivity contribution >= 4 is 23.7 Å². The molecule has 1 aliphatic heterocycles. The highest BCUT2D eigenvalue weighted by Crippen LogP contribution is 2.36. The summed E-state index contributed by atoms with van der Waals surface area (Å²) in [6.45, 7) is 0.268. The van der Waals surface area contributed by atoms with E-state index in [0.717, 1.165) is 28.2 Å². The molecule has 1 heterocycles. The third-order valence-electron chi connectivity index (χ3n) is 3.98. The van der Waals surface area contributed by atoms with Crippen LogP contribution in [0.1, 0.15) is 33.9 Å². The lowest BCUT2D eigenvalue weighted by atomic mass is 10.0. The molecule has 1 unspecified atom stereocenters. The van der Waals surface area contributed by atoms with E-state index >= 15 is 0 Å². The van der Waals surface area contributed by atoms with Crippen LogP contribution in [0.2, 0.25) is 0 Å². The van der Waals surface area contributed by atoms with Crippen LogP contribution in [0.3, 0.4) is 0 Å². The average molecular weight is 359 g/mol. The van der Waals surface area contributed by atoms with Gasteiger partial charge in [-0.1, -0.05) is 12.1 Å². The minimum atomic E-state index is -0.510. The minimum Gasteiger partial charge on any atom is -0.366 e. The molecule has 0 aliphatic carbocycles. The fourth-order valence-electron chi connectivity index (χ4n) is 2.74.